The van der Waals surface area contributed by atoms with Crippen LogP contribution < -0.4 is 10.1 Å². The Kier molecular flexibility index (Phi) is 7.03. The Morgan fingerprint density at radius 2 is 1.53 bits per heavy atom. The van der Waals surface area contributed by atoms with E-state index in [9.17, 15) is 13.2 Å². The van der Waals surface area contributed by atoms with Gasteiger partial charge in [-0.1, -0.05) is 60.7 Å². The van der Waals surface area contributed by atoms with Gasteiger partial charge in [0.05, 0.1) is 12.0 Å². The van der Waals surface area contributed by atoms with E-state index in [0.717, 1.165) is 11.3 Å². The van der Waals surface area contributed by atoms with Gasteiger partial charge in [-0.15, -0.1) is 0 Å². The number of amides is 1. The Labute approximate surface area is 176 Å². The number of hydrogen-bond acceptors (Lipinski definition) is 4. The molecule has 3 rings (SSSR count). The second-order valence-corrected chi connectivity index (χ2v) is 8.74. The average Bonchev–Trinajstić information content (AvgIpc) is 2.79. The molecule has 5 nitrogen and oxygen atoms in total. The number of benzene rings is 3. The van der Waals surface area contributed by atoms with Crippen LogP contribution in [0.15, 0.2) is 95.9 Å². The van der Waals surface area contributed by atoms with Gasteiger partial charge in [-0.3, -0.25) is 4.79 Å². The predicted octanol–water partition coefficient (Wildman–Crippen LogP) is 4.04. The minimum Gasteiger partial charge on any atom is -0.497 e. The van der Waals surface area contributed by atoms with Gasteiger partial charge in [-0.25, -0.2) is 8.42 Å². The molecule has 0 aliphatic carbocycles. The molecule has 0 fully saturated rings. The second kappa shape index (κ2) is 9.89. The molecule has 0 spiro atoms. The van der Waals surface area contributed by atoms with Crippen LogP contribution in [-0.2, 0) is 14.6 Å². The molecule has 0 bridgehead atoms. The summed E-state index contributed by atoms with van der Waals surface area (Å²) in [5, 5.41) is 1.83. The average molecular weight is 422 g/mol. The van der Waals surface area contributed by atoms with Gasteiger partial charge in [0.1, 0.15) is 11.0 Å². The molecule has 0 unspecified atom stereocenters. The third-order valence-corrected chi connectivity index (χ3v) is 6.74. The Bertz CT molecular complexity index is 1090. The van der Waals surface area contributed by atoms with Crippen molar-refractivity contribution >= 4 is 21.8 Å². The summed E-state index contributed by atoms with van der Waals surface area (Å²) in [5.74, 6) is 0.364. The lowest BCUT2D eigenvalue weighted by Gasteiger charge is -2.18. The molecule has 0 aliphatic rings. The van der Waals surface area contributed by atoms with Gasteiger partial charge in [0.15, 0.2) is 9.84 Å². The Morgan fingerprint density at radius 3 is 2.13 bits per heavy atom. The molecule has 30 heavy (non-hydrogen) atoms. The molecule has 3 aromatic carbocycles. The maximum absolute atomic E-state index is 13.2. The molecule has 1 N–H and O–H groups in total. The molecule has 0 radical (unpaired) electrons. The van der Waals surface area contributed by atoms with Crippen LogP contribution in [0.2, 0.25) is 0 Å². The summed E-state index contributed by atoms with van der Waals surface area (Å²) >= 11 is 0. The smallest absolute Gasteiger partial charge is 0.244 e. The number of carbonyl (C=O) groups excluding carboxylic acids is 1. The summed E-state index contributed by atoms with van der Waals surface area (Å²) in [7, 11) is -2.09. The quantitative estimate of drug-likeness (QED) is 0.557. The topological polar surface area (TPSA) is 72.5 Å². The van der Waals surface area contributed by atoms with E-state index in [1.807, 2.05) is 18.2 Å². The highest BCUT2D eigenvalue weighted by atomic mass is 32.2. The fourth-order valence-electron chi connectivity index (χ4n) is 2.99. The molecule has 0 saturated carbocycles. The van der Waals surface area contributed by atoms with E-state index in [2.05, 4.69) is 5.32 Å². The molecular weight excluding hydrogens is 398 g/mol. The number of hydrogen-bond donors (Lipinski definition) is 1. The SMILES string of the molecule is COc1ccc(/C=C/C(=O)NC[C@H](c2ccccc2)S(=O)(=O)c2ccccc2)cc1. The van der Waals surface area contributed by atoms with Crippen molar-refractivity contribution in [2.45, 2.75) is 10.1 Å². The van der Waals surface area contributed by atoms with Crippen molar-refractivity contribution in [1.82, 2.24) is 5.32 Å². The van der Waals surface area contributed by atoms with Crippen molar-refractivity contribution in [3.8, 4) is 5.75 Å². The molecule has 0 saturated heterocycles. The van der Waals surface area contributed by atoms with E-state index in [0.29, 0.717) is 5.56 Å². The zero-order valence-corrected chi connectivity index (χ0v) is 17.4. The third kappa shape index (κ3) is 5.36. The number of ether oxygens (including phenoxy) is 1. The van der Waals surface area contributed by atoms with Crippen LogP contribution in [0.5, 0.6) is 5.75 Å². The van der Waals surface area contributed by atoms with Crippen molar-refractivity contribution in [3.05, 3.63) is 102 Å². The molecular formula is C24H23NO4S. The van der Waals surface area contributed by atoms with Crippen LogP contribution in [0.3, 0.4) is 0 Å². The molecule has 154 valence electrons. The summed E-state index contributed by atoms with van der Waals surface area (Å²) in [6.45, 7) is -0.0347. The molecule has 0 heterocycles. The fourth-order valence-corrected chi connectivity index (χ4v) is 4.67. The highest BCUT2D eigenvalue weighted by Crippen LogP contribution is 2.28. The third-order valence-electron chi connectivity index (χ3n) is 4.62. The van der Waals surface area contributed by atoms with Crippen LogP contribution in [0.1, 0.15) is 16.4 Å². The lowest BCUT2D eigenvalue weighted by atomic mass is 10.1. The van der Waals surface area contributed by atoms with E-state index >= 15 is 0 Å². The highest BCUT2D eigenvalue weighted by molar-refractivity contribution is 7.91. The van der Waals surface area contributed by atoms with Crippen LogP contribution >= 0.6 is 0 Å². The standard InChI is InChI=1S/C24H23NO4S/c1-29-21-15-12-19(13-16-21)14-17-24(26)25-18-23(20-8-4-2-5-9-20)30(27,28)22-10-6-3-7-11-22/h2-17,23H,18H2,1H3,(H,25,26)/b17-14+/t23-/m1/s1. The normalized spacial score (nSPS) is 12.4. The van der Waals surface area contributed by atoms with E-state index < -0.39 is 15.1 Å². The first-order valence-corrected chi connectivity index (χ1v) is 11.0. The zero-order valence-electron chi connectivity index (χ0n) is 16.6. The first-order valence-electron chi connectivity index (χ1n) is 9.44. The molecule has 1 amide bonds. The number of rotatable bonds is 8. The number of nitrogens with one attached hydrogen (secondary N) is 1. The van der Waals surface area contributed by atoms with Crippen molar-refractivity contribution in [2.75, 3.05) is 13.7 Å². The zero-order chi connectivity index (χ0) is 21.4. The molecule has 0 aromatic heterocycles. The second-order valence-electron chi connectivity index (χ2n) is 6.61. The van der Waals surface area contributed by atoms with Gasteiger partial charge in [0.2, 0.25) is 5.91 Å². The predicted molar refractivity (Wildman–Crippen MR) is 118 cm³/mol. The van der Waals surface area contributed by atoms with Crippen LogP contribution in [0.4, 0.5) is 0 Å². The number of methoxy groups -OCH3 is 1. The first kappa shape index (κ1) is 21.3. The van der Waals surface area contributed by atoms with Gasteiger partial charge in [-0.2, -0.15) is 0 Å². The van der Waals surface area contributed by atoms with E-state index in [4.69, 9.17) is 4.74 Å². The molecule has 1 atom stereocenters. The Morgan fingerprint density at radius 1 is 0.933 bits per heavy atom. The number of sulfone groups is 1. The summed E-state index contributed by atoms with van der Waals surface area (Å²) in [5.41, 5.74) is 1.46. The monoisotopic (exact) mass is 421 g/mol. The maximum atomic E-state index is 13.2. The fraction of sp³-hybridized carbons (Fsp3) is 0.125. The highest BCUT2D eigenvalue weighted by Gasteiger charge is 2.29. The number of carbonyl (C=O) groups is 1. The summed E-state index contributed by atoms with van der Waals surface area (Å²) < 4.78 is 31.5. The largest absolute Gasteiger partial charge is 0.497 e. The minimum atomic E-state index is -3.68. The summed E-state index contributed by atoms with van der Waals surface area (Å²) in [6, 6.07) is 24.4. The van der Waals surface area contributed by atoms with E-state index in [-0.39, 0.29) is 17.3 Å². The lowest BCUT2D eigenvalue weighted by molar-refractivity contribution is -0.116. The van der Waals surface area contributed by atoms with Crippen LogP contribution in [0.25, 0.3) is 6.08 Å². The first-order chi connectivity index (χ1) is 14.5. The summed E-state index contributed by atoms with van der Waals surface area (Å²) in [4.78, 5) is 12.5. The Balaban J connectivity index is 1.75. The maximum Gasteiger partial charge on any atom is 0.244 e. The van der Waals surface area contributed by atoms with Crippen molar-refractivity contribution in [1.29, 1.82) is 0 Å². The van der Waals surface area contributed by atoms with Crippen molar-refractivity contribution in [3.63, 3.8) is 0 Å². The van der Waals surface area contributed by atoms with Crippen molar-refractivity contribution < 1.29 is 17.9 Å². The van der Waals surface area contributed by atoms with E-state index in [1.165, 1.54) is 6.08 Å². The lowest BCUT2D eigenvalue weighted by Crippen LogP contribution is -2.30. The van der Waals surface area contributed by atoms with Gasteiger partial charge < -0.3 is 10.1 Å². The molecule has 6 heteroatoms. The van der Waals surface area contributed by atoms with Crippen LogP contribution in [-0.4, -0.2) is 28.0 Å². The van der Waals surface area contributed by atoms with Gasteiger partial charge in [0, 0.05) is 12.6 Å². The van der Waals surface area contributed by atoms with Gasteiger partial charge >= 0.3 is 0 Å². The van der Waals surface area contributed by atoms with Crippen molar-refractivity contribution in [2.24, 2.45) is 0 Å². The minimum absolute atomic E-state index is 0.0347. The van der Waals surface area contributed by atoms with Crippen LogP contribution in [0, 0.1) is 0 Å². The van der Waals surface area contributed by atoms with E-state index in [1.54, 1.807) is 79.9 Å². The molecule has 3 aromatic rings. The Hall–Kier alpha value is -3.38. The van der Waals surface area contributed by atoms with Gasteiger partial charge in [0.25, 0.3) is 0 Å². The summed E-state index contributed by atoms with van der Waals surface area (Å²) in [6.07, 6.45) is 3.05. The molecule has 0 aliphatic heterocycles. The van der Waals surface area contributed by atoms with Gasteiger partial charge in [-0.05, 0) is 41.5 Å².